The van der Waals surface area contributed by atoms with Gasteiger partial charge in [-0.05, 0) is 24.3 Å². The average molecular weight is 437 g/mol. The van der Waals surface area contributed by atoms with Gasteiger partial charge >= 0.3 is 0 Å². The molecule has 0 unspecified atom stereocenters. The van der Waals surface area contributed by atoms with Crippen LogP contribution in [0.2, 0.25) is 0 Å². The Morgan fingerprint density at radius 1 is 0.826 bits per heavy atom. The van der Waals surface area contributed by atoms with Crippen molar-refractivity contribution in [2.45, 2.75) is 22.5 Å². The van der Waals surface area contributed by atoms with E-state index in [9.17, 15) is 9.59 Å². The van der Waals surface area contributed by atoms with Crippen LogP contribution in [-0.4, -0.2) is 21.5 Å². The maximum atomic E-state index is 12.9. The van der Waals surface area contributed by atoms with Gasteiger partial charge in [-0.2, -0.15) is 0 Å². The lowest BCUT2D eigenvalue weighted by atomic mass is 9.81. The third-order valence-electron chi connectivity index (χ3n) is 4.92. The summed E-state index contributed by atoms with van der Waals surface area (Å²) in [6, 6.07) is 13.6. The Kier molecular flexibility index (Phi) is 3.81. The van der Waals surface area contributed by atoms with Crippen LogP contribution in [0.25, 0.3) is 10.8 Å². The fraction of sp³-hybridized carbons (Fsp3) is 0.333. The van der Waals surface area contributed by atoms with Crippen molar-refractivity contribution in [2.75, 3.05) is 4.90 Å². The topological polar surface area (TPSA) is 37.4 Å². The lowest BCUT2D eigenvalue weighted by Gasteiger charge is -2.29. The number of halogens is 2. The summed E-state index contributed by atoms with van der Waals surface area (Å²) in [6.45, 7) is 0. The molecule has 2 fully saturated rings. The van der Waals surface area contributed by atoms with Crippen molar-refractivity contribution >= 4 is 60.1 Å². The molecule has 0 spiro atoms. The van der Waals surface area contributed by atoms with Crippen molar-refractivity contribution in [3.05, 3.63) is 42.5 Å². The molecule has 1 aliphatic carbocycles. The Morgan fingerprint density at radius 2 is 1.39 bits per heavy atom. The predicted molar refractivity (Wildman–Crippen MR) is 98.1 cm³/mol. The van der Waals surface area contributed by atoms with Gasteiger partial charge in [0.05, 0.1) is 17.5 Å². The minimum Gasteiger partial charge on any atom is -0.274 e. The third-order valence-corrected chi connectivity index (χ3v) is 7.65. The minimum absolute atomic E-state index is 0.0554. The Hall–Kier alpha value is -1.20. The number of nitrogens with zero attached hydrogens (tertiary/aromatic N) is 1. The van der Waals surface area contributed by atoms with Crippen molar-refractivity contribution < 1.29 is 9.59 Å². The van der Waals surface area contributed by atoms with Gasteiger partial charge in [0.15, 0.2) is 0 Å². The predicted octanol–water partition coefficient (Wildman–Crippen LogP) is 4.27. The minimum atomic E-state index is -0.209. The van der Waals surface area contributed by atoms with Crippen molar-refractivity contribution in [3.8, 4) is 0 Å². The first-order valence-corrected chi connectivity index (χ1v) is 9.55. The van der Waals surface area contributed by atoms with E-state index in [1.54, 1.807) is 0 Å². The van der Waals surface area contributed by atoms with Crippen LogP contribution in [0.5, 0.6) is 0 Å². The third kappa shape index (κ3) is 2.36. The van der Waals surface area contributed by atoms with Crippen LogP contribution in [-0.2, 0) is 9.59 Å². The summed E-state index contributed by atoms with van der Waals surface area (Å²) in [7, 11) is 0. The Morgan fingerprint density at radius 3 is 2.04 bits per heavy atom. The number of amides is 2. The largest absolute Gasteiger partial charge is 0.274 e. The van der Waals surface area contributed by atoms with E-state index in [0.717, 1.165) is 10.8 Å². The summed E-state index contributed by atoms with van der Waals surface area (Å²) in [6.07, 6.45) is 1.40. The van der Waals surface area contributed by atoms with Gasteiger partial charge in [0.1, 0.15) is 0 Å². The van der Waals surface area contributed by atoms with Crippen LogP contribution in [0.15, 0.2) is 42.5 Å². The number of carbonyl (C=O) groups is 2. The number of benzene rings is 2. The Bertz CT molecular complexity index is 773. The number of fused-ring (bicyclic) bond motifs is 2. The molecule has 118 valence electrons. The molecule has 2 aromatic rings. The van der Waals surface area contributed by atoms with Crippen LogP contribution in [0.1, 0.15) is 12.8 Å². The van der Waals surface area contributed by atoms with E-state index >= 15 is 0 Å². The first-order valence-electron chi connectivity index (χ1n) is 7.71. The lowest BCUT2D eigenvalue weighted by Crippen LogP contribution is -2.34. The van der Waals surface area contributed by atoms with Gasteiger partial charge in [0.25, 0.3) is 0 Å². The van der Waals surface area contributed by atoms with Gasteiger partial charge in [-0.3, -0.25) is 9.59 Å². The standard InChI is InChI=1S/C18H15Br2NO2/c19-14-8-12-13(9-15(14)20)18(23)21(17(12)22)16-7-3-5-10-4-1-2-6-11(10)16/h1-7,12-15H,8-9H2/t12-,13-,14-,15+/m0/s1. The zero-order valence-electron chi connectivity index (χ0n) is 12.3. The first kappa shape index (κ1) is 15.3. The second kappa shape index (κ2) is 5.71. The fourth-order valence-corrected chi connectivity index (χ4v) is 4.97. The van der Waals surface area contributed by atoms with Crippen molar-refractivity contribution in [3.63, 3.8) is 0 Å². The maximum Gasteiger partial charge on any atom is 0.237 e. The van der Waals surface area contributed by atoms with Gasteiger partial charge in [-0.1, -0.05) is 68.3 Å². The second-order valence-electron chi connectivity index (χ2n) is 6.23. The highest BCUT2D eigenvalue weighted by molar-refractivity contribution is 9.12. The Labute approximate surface area is 151 Å². The van der Waals surface area contributed by atoms with Crippen LogP contribution < -0.4 is 4.90 Å². The highest BCUT2D eigenvalue weighted by atomic mass is 79.9. The van der Waals surface area contributed by atoms with Gasteiger partial charge < -0.3 is 0 Å². The van der Waals surface area contributed by atoms with Gasteiger partial charge in [0.2, 0.25) is 11.8 Å². The van der Waals surface area contributed by atoms with E-state index in [1.165, 1.54) is 4.90 Å². The molecule has 4 rings (SSSR count). The fourth-order valence-electron chi connectivity index (χ4n) is 3.74. The molecular formula is C18H15Br2NO2. The summed E-state index contributed by atoms with van der Waals surface area (Å²) < 4.78 is 0. The molecule has 1 heterocycles. The molecule has 0 bridgehead atoms. The zero-order valence-corrected chi connectivity index (χ0v) is 15.5. The number of hydrogen-bond donors (Lipinski definition) is 0. The number of carbonyl (C=O) groups excluding carboxylic acids is 2. The monoisotopic (exact) mass is 435 g/mol. The molecule has 0 radical (unpaired) electrons. The average Bonchev–Trinajstić information content (AvgIpc) is 2.79. The van der Waals surface area contributed by atoms with Gasteiger partial charge in [-0.25, -0.2) is 4.90 Å². The zero-order chi connectivity index (χ0) is 16.1. The molecule has 5 heteroatoms. The molecule has 1 saturated heterocycles. The summed E-state index contributed by atoms with van der Waals surface area (Å²) in [4.78, 5) is 27.7. The molecule has 0 aromatic heterocycles. The molecule has 1 aliphatic heterocycles. The Balaban J connectivity index is 1.80. The molecule has 0 N–H and O–H groups in total. The van der Waals surface area contributed by atoms with E-state index in [1.807, 2.05) is 42.5 Å². The molecule has 3 nitrogen and oxygen atoms in total. The van der Waals surface area contributed by atoms with E-state index in [0.29, 0.717) is 18.5 Å². The van der Waals surface area contributed by atoms with Crippen LogP contribution >= 0.6 is 31.9 Å². The van der Waals surface area contributed by atoms with Crippen molar-refractivity contribution in [1.29, 1.82) is 0 Å². The summed E-state index contributed by atoms with van der Waals surface area (Å²) >= 11 is 7.25. The molecule has 23 heavy (non-hydrogen) atoms. The summed E-state index contributed by atoms with van der Waals surface area (Å²) in [5, 5.41) is 1.98. The van der Waals surface area contributed by atoms with Crippen molar-refractivity contribution in [2.24, 2.45) is 11.8 Å². The lowest BCUT2D eigenvalue weighted by molar-refractivity contribution is -0.122. The van der Waals surface area contributed by atoms with E-state index in [4.69, 9.17) is 0 Å². The number of rotatable bonds is 1. The van der Waals surface area contributed by atoms with Gasteiger partial charge in [-0.15, -0.1) is 0 Å². The molecular weight excluding hydrogens is 422 g/mol. The van der Waals surface area contributed by atoms with E-state index in [2.05, 4.69) is 31.9 Å². The molecule has 2 aromatic carbocycles. The highest BCUT2D eigenvalue weighted by Crippen LogP contribution is 2.45. The van der Waals surface area contributed by atoms with Crippen LogP contribution in [0.4, 0.5) is 5.69 Å². The number of imide groups is 1. The quantitative estimate of drug-likeness (QED) is 0.494. The van der Waals surface area contributed by atoms with Crippen molar-refractivity contribution in [1.82, 2.24) is 0 Å². The summed E-state index contributed by atoms with van der Waals surface area (Å²) in [5.74, 6) is -0.528. The normalized spacial score (nSPS) is 30.8. The number of hydrogen-bond acceptors (Lipinski definition) is 2. The first-order chi connectivity index (χ1) is 11.1. The molecule has 2 amide bonds. The van der Waals surface area contributed by atoms with Crippen LogP contribution in [0.3, 0.4) is 0 Å². The van der Waals surface area contributed by atoms with Gasteiger partial charge in [0, 0.05) is 15.0 Å². The second-order valence-corrected chi connectivity index (χ2v) is 8.58. The SMILES string of the molecule is O=C1[C@H]2C[C@@H](Br)[C@@H](Br)C[C@@H]2C(=O)N1c1cccc2ccccc12. The number of anilines is 1. The number of alkyl halides is 2. The highest BCUT2D eigenvalue weighted by Gasteiger charge is 2.52. The molecule has 4 atom stereocenters. The van der Waals surface area contributed by atoms with Crippen LogP contribution in [0, 0.1) is 11.8 Å². The summed E-state index contributed by atoms with van der Waals surface area (Å²) in [5.41, 5.74) is 0.713. The smallest absolute Gasteiger partial charge is 0.237 e. The maximum absolute atomic E-state index is 12.9. The molecule has 2 aliphatic rings. The molecule has 1 saturated carbocycles. The van der Waals surface area contributed by atoms with E-state index < -0.39 is 0 Å². The van der Waals surface area contributed by atoms with E-state index in [-0.39, 0.29) is 33.3 Å².